The molecule has 0 spiro atoms. The number of rotatable bonds is 5. The zero-order valence-electron chi connectivity index (χ0n) is 10.3. The van der Waals surface area contributed by atoms with Crippen LogP contribution in [-0.4, -0.2) is 21.6 Å². The van der Waals surface area contributed by atoms with E-state index in [4.69, 9.17) is 0 Å². The highest BCUT2D eigenvalue weighted by molar-refractivity contribution is 5.15. The van der Waals surface area contributed by atoms with Gasteiger partial charge in [0.1, 0.15) is 5.82 Å². The van der Waals surface area contributed by atoms with Gasteiger partial charge in [-0.3, -0.25) is 4.98 Å². The summed E-state index contributed by atoms with van der Waals surface area (Å²) < 4.78 is 2.07. The molecular weight excluding hydrogens is 212 g/mol. The number of aromatic nitrogens is 3. The number of hydrogen-bond acceptors (Lipinski definition) is 3. The van der Waals surface area contributed by atoms with Gasteiger partial charge in [0.15, 0.2) is 0 Å². The Morgan fingerprint density at radius 1 is 1.29 bits per heavy atom. The smallest absolute Gasteiger partial charge is 0.108 e. The molecule has 2 aromatic rings. The van der Waals surface area contributed by atoms with Gasteiger partial charge in [-0.15, -0.1) is 0 Å². The number of aryl methyl sites for hydroxylation is 2. The largest absolute Gasteiger partial charge is 0.338 e. The van der Waals surface area contributed by atoms with E-state index < -0.39 is 0 Å². The van der Waals surface area contributed by atoms with Crippen LogP contribution in [0.2, 0.25) is 0 Å². The van der Waals surface area contributed by atoms with Crippen molar-refractivity contribution < 1.29 is 0 Å². The van der Waals surface area contributed by atoms with E-state index in [1.54, 1.807) is 0 Å². The molecule has 90 valence electrons. The van der Waals surface area contributed by atoms with Crippen LogP contribution >= 0.6 is 0 Å². The van der Waals surface area contributed by atoms with Crippen LogP contribution in [0.1, 0.15) is 23.9 Å². The van der Waals surface area contributed by atoms with Crippen LogP contribution in [0.5, 0.6) is 0 Å². The van der Waals surface area contributed by atoms with Crippen LogP contribution in [0, 0.1) is 0 Å². The second-order valence-electron chi connectivity index (χ2n) is 4.11. The molecule has 0 saturated heterocycles. The first-order valence-corrected chi connectivity index (χ1v) is 5.84. The molecule has 4 nitrogen and oxygen atoms in total. The maximum absolute atomic E-state index is 4.34. The Kier molecular flexibility index (Phi) is 3.88. The molecule has 0 aliphatic rings. The normalized spacial score (nSPS) is 12.6. The minimum Gasteiger partial charge on any atom is -0.338 e. The third-order valence-electron chi connectivity index (χ3n) is 3.03. The van der Waals surface area contributed by atoms with Crippen molar-refractivity contribution in [1.29, 1.82) is 0 Å². The zero-order valence-corrected chi connectivity index (χ0v) is 10.3. The minimum absolute atomic E-state index is 0.356. The molecule has 17 heavy (non-hydrogen) atoms. The second kappa shape index (κ2) is 5.59. The van der Waals surface area contributed by atoms with Gasteiger partial charge < -0.3 is 9.88 Å². The maximum atomic E-state index is 4.34. The van der Waals surface area contributed by atoms with Crippen LogP contribution in [0.3, 0.4) is 0 Å². The fourth-order valence-electron chi connectivity index (χ4n) is 1.98. The van der Waals surface area contributed by atoms with Crippen molar-refractivity contribution in [3.8, 4) is 0 Å². The summed E-state index contributed by atoms with van der Waals surface area (Å²) in [5.41, 5.74) is 1.27. The van der Waals surface area contributed by atoms with Gasteiger partial charge in [-0.2, -0.15) is 0 Å². The van der Waals surface area contributed by atoms with Gasteiger partial charge in [-0.1, -0.05) is 0 Å². The number of pyridine rings is 1. The van der Waals surface area contributed by atoms with Crippen molar-refractivity contribution >= 4 is 0 Å². The summed E-state index contributed by atoms with van der Waals surface area (Å²) in [5, 5.41) is 3.34. The van der Waals surface area contributed by atoms with Gasteiger partial charge in [0.05, 0.1) is 0 Å². The topological polar surface area (TPSA) is 42.7 Å². The first-order valence-electron chi connectivity index (χ1n) is 5.84. The molecule has 0 amide bonds. The van der Waals surface area contributed by atoms with E-state index in [9.17, 15) is 0 Å². The minimum atomic E-state index is 0.356. The Balaban J connectivity index is 1.99. The van der Waals surface area contributed by atoms with E-state index in [2.05, 4.69) is 32.0 Å². The lowest BCUT2D eigenvalue weighted by atomic mass is 10.0. The van der Waals surface area contributed by atoms with Crippen molar-refractivity contribution in [2.45, 2.75) is 18.9 Å². The Bertz CT molecular complexity index is 449. The third kappa shape index (κ3) is 2.91. The van der Waals surface area contributed by atoms with Gasteiger partial charge in [-0.25, -0.2) is 4.98 Å². The molecule has 0 aliphatic carbocycles. The lowest BCUT2D eigenvalue weighted by Gasteiger charge is -2.16. The molecule has 2 heterocycles. The van der Waals surface area contributed by atoms with E-state index in [0.717, 1.165) is 18.7 Å². The summed E-state index contributed by atoms with van der Waals surface area (Å²) in [5.74, 6) is 1.12. The lowest BCUT2D eigenvalue weighted by molar-refractivity contribution is 0.535. The summed E-state index contributed by atoms with van der Waals surface area (Å²) in [6.45, 7) is 0. The van der Waals surface area contributed by atoms with Crippen LogP contribution in [-0.2, 0) is 13.5 Å². The van der Waals surface area contributed by atoms with E-state index in [-0.39, 0.29) is 0 Å². The zero-order chi connectivity index (χ0) is 12.1. The van der Waals surface area contributed by atoms with Crippen molar-refractivity contribution in [2.75, 3.05) is 7.05 Å². The van der Waals surface area contributed by atoms with Gasteiger partial charge in [-0.05, 0) is 31.2 Å². The highest BCUT2D eigenvalue weighted by atomic mass is 15.0. The van der Waals surface area contributed by atoms with Crippen LogP contribution in [0.4, 0.5) is 0 Å². The van der Waals surface area contributed by atoms with Gasteiger partial charge in [0.25, 0.3) is 0 Å². The molecule has 2 rings (SSSR count). The standard InChI is InChI=1S/C13H18N4/c1-14-12(11-5-7-15-8-6-11)3-4-13-16-9-10-17(13)2/h5-10,12,14H,3-4H2,1-2H3. The number of nitrogens with zero attached hydrogens (tertiary/aromatic N) is 3. The molecule has 1 atom stereocenters. The molecule has 0 radical (unpaired) electrons. The van der Waals surface area contributed by atoms with Crippen LogP contribution in [0.25, 0.3) is 0 Å². The number of imidazole rings is 1. The Labute approximate surface area is 102 Å². The summed E-state index contributed by atoms with van der Waals surface area (Å²) >= 11 is 0. The molecule has 1 N–H and O–H groups in total. The van der Waals surface area contributed by atoms with E-state index in [1.807, 2.05) is 38.9 Å². The Morgan fingerprint density at radius 3 is 2.65 bits per heavy atom. The fourth-order valence-corrected chi connectivity index (χ4v) is 1.98. The van der Waals surface area contributed by atoms with Crippen molar-refractivity contribution in [2.24, 2.45) is 7.05 Å². The molecule has 0 fully saturated rings. The predicted octanol–water partition coefficient (Wildman–Crippen LogP) is 1.71. The molecule has 0 bridgehead atoms. The van der Waals surface area contributed by atoms with Gasteiger partial charge in [0, 0.05) is 44.3 Å². The molecule has 4 heteroatoms. The van der Waals surface area contributed by atoms with E-state index >= 15 is 0 Å². The average Bonchev–Trinajstić information content (AvgIpc) is 2.77. The highest BCUT2D eigenvalue weighted by Crippen LogP contribution is 2.17. The number of nitrogens with one attached hydrogen (secondary N) is 1. The fraction of sp³-hybridized carbons (Fsp3) is 0.385. The average molecular weight is 230 g/mol. The number of hydrogen-bond donors (Lipinski definition) is 1. The lowest BCUT2D eigenvalue weighted by Crippen LogP contribution is -2.17. The molecule has 0 aromatic carbocycles. The summed E-state index contributed by atoms with van der Waals surface area (Å²) in [6, 6.07) is 4.47. The first kappa shape index (κ1) is 11.8. The van der Waals surface area contributed by atoms with E-state index in [0.29, 0.717) is 6.04 Å². The van der Waals surface area contributed by atoms with Gasteiger partial charge in [0.2, 0.25) is 0 Å². The SMILES string of the molecule is CNC(CCc1nccn1C)c1ccncc1. The molecule has 0 aliphatic heterocycles. The molecule has 1 unspecified atom stereocenters. The van der Waals surface area contributed by atoms with E-state index in [1.165, 1.54) is 5.56 Å². The third-order valence-corrected chi connectivity index (χ3v) is 3.03. The maximum Gasteiger partial charge on any atom is 0.108 e. The molecule has 0 saturated carbocycles. The Hall–Kier alpha value is -1.68. The monoisotopic (exact) mass is 230 g/mol. The summed E-state index contributed by atoms with van der Waals surface area (Å²) in [7, 11) is 4.02. The molecule has 2 aromatic heterocycles. The quantitative estimate of drug-likeness (QED) is 0.850. The van der Waals surface area contributed by atoms with Crippen LogP contribution in [0.15, 0.2) is 36.9 Å². The van der Waals surface area contributed by atoms with Crippen molar-refractivity contribution in [1.82, 2.24) is 19.9 Å². The van der Waals surface area contributed by atoms with Crippen molar-refractivity contribution in [3.05, 3.63) is 48.3 Å². The van der Waals surface area contributed by atoms with Crippen LogP contribution < -0.4 is 5.32 Å². The molecular formula is C13H18N4. The predicted molar refractivity (Wildman–Crippen MR) is 67.6 cm³/mol. The first-order chi connectivity index (χ1) is 8.31. The summed E-state index contributed by atoms with van der Waals surface area (Å²) in [4.78, 5) is 8.38. The van der Waals surface area contributed by atoms with Crippen molar-refractivity contribution in [3.63, 3.8) is 0 Å². The highest BCUT2D eigenvalue weighted by Gasteiger charge is 2.10. The van der Waals surface area contributed by atoms with Gasteiger partial charge >= 0.3 is 0 Å². The second-order valence-corrected chi connectivity index (χ2v) is 4.11. The Morgan fingerprint density at radius 2 is 2.06 bits per heavy atom. The summed E-state index contributed by atoms with van der Waals surface area (Å²) in [6.07, 6.45) is 9.50.